The smallest absolute Gasteiger partial charge is 0.315 e. The van der Waals surface area contributed by atoms with Gasteiger partial charge in [0.1, 0.15) is 6.10 Å². The van der Waals surface area contributed by atoms with Gasteiger partial charge in [0.15, 0.2) is 0 Å². The van der Waals surface area contributed by atoms with Crippen molar-refractivity contribution in [2.45, 2.75) is 167 Å². The normalized spacial score (nSPS) is 34.4. The number of nitrogens with one attached hydrogen (secondary N) is 4. The van der Waals surface area contributed by atoms with Gasteiger partial charge in [-0.15, -0.1) is 0 Å². The Bertz CT molecular complexity index is 1410. The van der Waals surface area contributed by atoms with E-state index >= 15 is 0 Å². The number of hydrogen-bond donors (Lipinski definition) is 5. The minimum Gasteiger partial charge on any atom is -0.462 e. The molecular weight excluding hydrogens is 739 g/mol. The topological polar surface area (TPSA) is 170 Å². The first-order valence-electron chi connectivity index (χ1n) is 22.6. The Labute approximate surface area is 347 Å². The maximum atomic E-state index is 12.8. The first-order chi connectivity index (χ1) is 26.9. The molecule has 0 aromatic rings. The SMILES string of the molecule is CC(C)CCC[C@@H](C)[C@H]1CC[C@H]2[C@@H]3CC=C4C[C@H](OC(=O)CCC(=O)NCCOCCNC(=O)CCCC[C@H]5SC[C@H]6NC(=O)N[C@H]65)CC[C@]4(C)[C@H]3CC[C@]12C.N. The number of urea groups is 1. The van der Waals surface area contributed by atoms with E-state index in [0.29, 0.717) is 43.4 Å². The van der Waals surface area contributed by atoms with E-state index in [1.807, 2.05) is 11.8 Å². The molecule has 7 N–H and O–H groups in total. The van der Waals surface area contributed by atoms with E-state index in [1.54, 1.807) is 0 Å². The van der Waals surface area contributed by atoms with E-state index in [9.17, 15) is 19.2 Å². The van der Waals surface area contributed by atoms with Crippen LogP contribution in [0.4, 0.5) is 4.79 Å². The molecule has 57 heavy (non-hydrogen) atoms. The van der Waals surface area contributed by atoms with Crippen molar-refractivity contribution >= 4 is 35.6 Å². The van der Waals surface area contributed by atoms with Gasteiger partial charge in [0.2, 0.25) is 11.8 Å². The van der Waals surface area contributed by atoms with Crippen LogP contribution in [0.15, 0.2) is 11.6 Å². The van der Waals surface area contributed by atoms with Gasteiger partial charge in [-0.3, -0.25) is 14.4 Å². The monoisotopic (exact) mass is 816 g/mol. The lowest BCUT2D eigenvalue weighted by Gasteiger charge is -2.58. The van der Waals surface area contributed by atoms with Crippen LogP contribution in [0.3, 0.4) is 0 Å². The molecule has 2 aliphatic heterocycles. The Hall–Kier alpha value is -2.31. The van der Waals surface area contributed by atoms with Gasteiger partial charge in [-0.1, -0.05) is 72.0 Å². The van der Waals surface area contributed by atoms with Crippen LogP contribution in [0.5, 0.6) is 0 Å². The van der Waals surface area contributed by atoms with Crippen molar-refractivity contribution in [1.82, 2.24) is 27.4 Å². The minimum atomic E-state index is -0.284. The molecule has 2 heterocycles. The Kier molecular flexibility index (Phi) is 16.7. The first-order valence-corrected chi connectivity index (χ1v) is 23.6. The molecular formula is C45H77N5O6S. The summed E-state index contributed by atoms with van der Waals surface area (Å²) in [6.07, 6.45) is 19.6. The molecule has 6 rings (SSSR count). The van der Waals surface area contributed by atoms with Crippen LogP contribution >= 0.6 is 11.8 Å². The molecule has 5 fully saturated rings. The molecule has 0 bridgehead atoms. The second kappa shape index (κ2) is 20.8. The maximum absolute atomic E-state index is 12.8. The molecule has 0 radical (unpaired) electrons. The second-order valence-electron chi connectivity index (χ2n) is 19.3. The van der Waals surface area contributed by atoms with Crippen LogP contribution in [-0.2, 0) is 23.9 Å². The van der Waals surface area contributed by atoms with Crippen LogP contribution in [0, 0.1) is 46.3 Å². The third kappa shape index (κ3) is 11.3. The van der Waals surface area contributed by atoms with Crippen LogP contribution in [0.25, 0.3) is 0 Å². The molecule has 4 amide bonds. The van der Waals surface area contributed by atoms with E-state index in [4.69, 9.17) is 9.47 Å². The van der Waals surface area contributed by atoms with Crippen molar-refractivity contribution < 1.29 is 28.7 Å². The summed E-state index contributed by atoms with van der Waals surface area (Å²) < 4.78 is 11.5. The number of fused-ring (bicyclic) bond motifs is 6. The van der Waals surface area contributed by atoms with Gasteiger partial charge >= 0.3 is 12.0 Å². The molecule has 11 nitrogen and oxygen atoms in total. The first kappa shape index (κ1) is 45.8. The van der Waals surface area contributed by atoms with Gasteiger partial charge in [0, 0.05) is 43.4 Å². The quantitative estimate of drug-likeness (QED) is 0.0358. The number of carbonyl (C=O) groups is 4. The zero-order valence-electron chi connectivity index (χ0n) is 36.0. The van der Waals surface area contributed by atoms with E-state index in [-0.39, 0.29) is 66.4 Å². The third-order valence-corrected chi connectivity index (χ3v) is 16.8. The lowest BCUT2D eigenvalue weighted by molar-refractivity contribution is -0.152. The molecule has 0 aromatic heterocycles. The highest BCUT2D eigenvalue weighted by Crippen LogP contribution is 2.67. The molecule has 6 aliphatic rings. The molecule has 11 atom stereocenters. The Morgan fingerprint density at radius 1 is 0.895 bits per heavy atom. The van der Waals surface area contributed by atoms with Gasteiger partial charge in [0.25, 0.3) is 0 Å². The van der Waals surface area contributed by atoms with E-state index in [0.717, 1.165) is 79.8 Å². The Balaban J connectivity index is 0.00000620. The summed E-state index contributed by atoms with van der Waals surface area (Å²) in [5.41, 5.74) is 2.23. The van der Waals surface area contributed by atoms with Crippen LogP contribution in [0.1, 0.15) is 144 Å². The number of ether oxygens (including phenoxy) is 2. The van der Waals surface area contributed by atoms with Crippen molar-refractivity contribution in [2.75, 3.05) is 32.1 Å². The minimum absolute atomic E-state index is 0. The molecule has 0 spiro atoms. The van der Waals surface area contributed by atoms with Crippen molar-refractivity contribution in [3.05, 3.63) is 11.6 Å². The van der Waals surface area contributed by atoms with Crippen molar-refractivity contribution in [3.63, 3.8) is 0 Å². The number of unbranched alkanes of at least 4 members (excludes halogenated alkanes) is 1. The molecule has 0 aromatic carbocycles. The fourth-order valence-electron chi connectivity index (χ4n) is 12.3. The predicted molar refractivity (Wildman–Crippen MR) is 228 cm³/mol. The van der Waals surface area contributed by atoms with E-state index in [2.05, 4.69) is 62.0 Å². The van der Waals surface area contributed by atoms with Gasteiger partial charge in [0.05, 0.1) is 31.7 Å². The molecule has 2 saturated heterocycles. The number of thioether (sulfide) groups is 1. The van der Waals surface area contributed by atoms with E-state index in [1.165, 1.54) is 56.9 Å². The lowest BCUT2D eigenvalue weighted by atomic mass is 9.47. The largest absolute Gasteiger partial charge is 0.462 e. The summed E-state index contributed by atoms with van der Waals surface area (Å²) in [4.78, 5) is 49.0. The number of carbonyl (C=O) groups excluding carboxylic acids is 4. The van der Waals surface area contributed by atoms with Crippen molar-refractivity contribution in [2.24, 2.45) is 46.3 Å². The molecule has 0 unspecified atom stereocenters. The highest BCUT2D eigenvalue weighted by molar-refractivity contribution is 8.00. The number of allylic oxidation sites excluding steroid dienone is 1. The van der Waals surface area contributed by atoms with Crippen LogP contribution in [-0.4, -0.2) is 79.3 Å². The average molecular weight is 816 g/mol. The summed E-state index contributed by atoms with van der Waals surface area (Å²) in [6, 6.07) is 0.374. The number of amides is 4. The molecule has 3 saturated carbocycles. The Morgan fingerprint density at radius 2 is 1.65 bits per heavy atom. The highest BCUT2D eigenvalue weighted by atomic mass is 32.2. The summed E-state index contributed by atoms with van der Waals surface area (Å²) in [5.74, 6) is 5.37. The van der Waals surface area contributed by atoms with Gasteiger partial charge in [-0.2, -0.15) is 11.8 Å². The fraction of sp³-hybridized carbons (Fsp3) is 0.867. The number of hydrogen-bond acceptors (Lipinski definition) is 8. The predicted octanol–water partition coefficient (Wildman–Crippen LogP) is 7.86. The fourth-order valence-corrected chi connectivity index (χ4v) is 13.8. The molecule has 12 heteroatoms. The zero-order valence-corrected chi connectivity index (χ0v) is 36.8. The number of esters is 1. The summed E-state index contributed by atoms with van der Waals surface area (Å²) in [5, 5.41) is 12.1. The molecule has 324 valence electrons. The van der Waals surface area contributed by atoms with Gasteiger partial charge < -0.3 is 36.9 Å². The van der Waals surface area contributed by atoms with Crippen LogP contribution in [0.2, 0.25) is 0 Å². The average Bonchev–Trinajstić information content (AvgIpc) is 3.83. The van der Waals surface area contributed by atoms with Crippen molar-refractivity contribution in [1.29, 1.82) is 0 Å². The van der Waals surface area contributed by atoms with Crippen molar-refractivity contribution in [3.8, 4) is 0 Å². The Morgan fingerprint density at radius 3 is 2.40 bits per heavy atom. The third-order valence-electron chi connectivity index (χ3n) is 15.3. The second-order valence-corrected chi connectivity index (χ2v) is 20.6. The number of rotatable bonds is 20. The molecule has 4 aliphatic carbocycles. The van der Waals surface area contributed by atoms with Gasteiger partial charge in [-0.05, 0) is 104 Å². The summed E-state index contributed by atoms with van der Waals surface area (Å²) >= 11 is 1.90. The maximum Gasteiger partial charge on any atom is 0.315 e. The lowest BCUT2D eigenvalue weighted by Crippen LogP contribution is -2.51. The highest BCUT2D eigenvalue weighted by Gasteiger charge is 2.59. The summed E-state index contributed by atoms with van der Waals surface area (Å²) in [7, 11) is 0. The van der Waals surface area contributed by atoms with Gasteiger partial charge in [-0.25, -0.2) is 4.79 Å². The zero-order chi connectivity index (χ0) is 39.9. The van der Waals surface area contributed by atoms with Crippen LogP contribution < -0.4 is 27.4 Å². The standard InChI is InChI=1S/C45H74N4O6S.H3N/c1-29(2)9-8-10-30(3)34-15-16-35-33-14-13-31-27-32(19-21-44(31,4)36(33)20-22-45(34,35)5)55-41(52)18-17-40(51)47-24-26-54-25-23-46-39(50)12-7-6-11-38-42-37(28-56-38)48-43(53)49-42;/h13,29-30,32-38,42H,6-12,14-28H2,1-5H3,(H,46,50)(H,47,51)(H2,48,49,53);1H3/t30-,32-,33+,34-,35+,36+,37-,38-,42-,44+,45-;/m1./s1. The van der Waals surface area contributed by atoms with E-state index < -0.39 is 0 Å². The summed E-state index contributed by atoms with van der Waals surface area (Å²) in [6.45, 7) is 13.9.